The van der Waals surface area contributed by atoms with Crippen LogP contribution in [0.2, 0.25) is 10.0 Å². The van der Waals surface area contributed by atoms with Crippen molar-refractivity contribution in [3.63, 3.8) is 0 Å². The molecular weight excluding hydrogens is 381 g/mol. The summed E-state index contributed by atoms with van der Waals surface area (Å²) in [7, 11) is 2.13. The second-order valence-electron chi connectivity index (χ2n) is 6.97. The largest absolute Gasteiger partial charge is 0.368 e. The van der Waals surface area contributed by atoms with E-state index >= 15 is 0 Å². The first-order chi connectivity index (χ1) is 13.0. The molecule has 2 heterocycles. The predicted octanol–water partition coefficient (Wildman–Crippen LogP) is 4.00. The lowest BCUT2D eigenvalue weighted by Crippen LogP contribution is -2.50. The van der Waals surface area contributed by atoms with E-state index in [-0.39, 0.29) is 5.91 Å². The Kier molecular flexibility index (Phi) is 5.13. The summed E-state index contributed by atoms with van der Waals surface area (Å²) >= 11 is 12.1. The molecule has 1 amide bonds. The molecule has 0 radical (unpaired) electrons. The van der Waals surface area contributed by atoms with Crippen molar-refractivity contribution in [2.45, 2.75) is 0 Å². The summed E-state index contributed by atoms with van der Waals surface area (Å²) in [4.78, 5) is 19.4. The van der Waals surface area contributed by atoms with Crippen LogP contribution in [-0.4, -0.2) is 55.5 Å². The first kappa shape index (κ1) is 18.4. The lowest BCUT2D eigenvalue weighted by molar-refractivity contribution is -0.117. The fourth-order valence-corrected chi connectivity index (χ4v) is 3.87. The van der Waals surface area contributed by atoms with Gasteiger partial charge in [-0.1, -0.05) is 53.5 Å². The Hall–Kier alpha value is -2.01. The molecule has 0 atom stereocenters. The molecule has 4 nitrogen and oxygen atoms in total. The Morgan fingerprint density at radius 3 is 2.26 bits per heavy atom. The van der Waals surface area contributed by atoms with E-state index in [2.05, 4.69) is 29.0 Å². The summed E-state index contributed by atoms with van der Waals surface area (Å²) in [6.45, 7) is 4.41. The lowest BCUT2D eigenvalue weighted by Gasteiger charge is -2.41. The highest BCUT2D eigenvalue weighted by Gasteiger charge is 2.37. The van der Waals surface area contributed by atoms with Crippen molar-refractivity contribution in [1.29, 1.82) is 0 Å². The third-order valence-corrected chi connectivity index (χ3v) is 5.93. The fraction of sp³-hybridized carbons (Fsp3) is 0.286. The van der Waals surface area contributed by atoms with Gasteiger partial charge in [-0.15, -0.1) is 0 Å². The molecule has 0 aromatic heterocycles. The molecule has 2 aromatic rings. The number of hydrogen-bond acceptors (Lipinski definition) is 3. The first-order valence-corrected chi connectivity index (χ1v) is 9.79. The fourth-order valence-electron chi connectivity index (χ4n) is 3.58. The van der Waals surface area contributed by atoms with E-state index in [1.807, 2.05) is 24.3 Å². The minimum atomic E-state index is 0.0335. The van der Waals surface area contributed by atoms with Gasteiger partial charge in [-0.3, -0.25) is 4.79 Å². The van der Waals surface area contributed by atoms with Gasteiger partial charge in [0.05, 0.1) is 27.9 Å². The normalized spacial score (nSPS) is 19.9. The maximum atomic E-state index is 13.0. The van der Waals surface area contributed by atoms with Crippen LogP contribution in [0.5, 0.6) is 0 Å². The van der Waals surface area contributed by atoms with Crippen LogP contribution in [0.15, 0.2) is 54.1 Å². The Morgan fingerprint density at radius 1 is 0.926 bits per heavy atom. The van der Waals surface area contributed by atoms with Gasteiger partial charge in [-0.05, 0) is 30.8 Å². The summed E-state index contributed by atoms with van der Waals surface area (Å²) < 4.78 is 0. The molecule has 6 heteroatoms. The Morgan fingerprint density at radius 2 is 1.63 bits per heavy atom. The number of anilines is 1. The van der Waals surface area contributed by atoms with Gasteiger partial charge in [0.15, 0.2) is 0 Å². The lowest BCUT2D eigenvalue weighted by atomic mass is 9.96. The van der Waals surface area contributed by atoms with Crippen LogP contribution < -0.4 is 4.90 Å². The quantitative estimate of drug-likeness (QED) is 0.574. The number of benzene rings is 2. The maximum absolute atomic E-state index is 13.0. The van der Waals surface area contributed by atoms with E-state index in [1.165, 1.54) is 0 Å². The molecule has 2 aromatic carbocycles. The van der Waals surface area contributed by atoms with Crippen LogP contribution in [0.3, 0.4) is 0 Å². The molecule has 0 bridgehead atoms. The van der Waals surface area contributed by atoms with Crippen molar-refractivity contribution in [1.82, 2.24) is 9.80 Å². The van der Waals surface area contributed by atoms with Crippen LogP contribution in [-0.2, 0) is 4.79 Å². The number of β-lactam (4-membered cyclic amide) rings is 1. The van der Waals surface area contributed by atoms with Crippen molar-refractivity contribution in [2.75, 3.05) is 44.7 Å². The molecule has 0 N–H and O–H groups in total. The van der Waals surface area contributed by atoms with Crippen LogP contribution >= 0.6 is 23.2 Å². The molecule has 0 spiro atoms. The molecule has 2 aliphatic heterocycles. The van der Waals surface area contributed by atoms with Gasteiger partial charge in [0.1, 0.15) is 0 Å². The van der Waals surface area contributed by atoms with Crippen molar-refractivity contribution < 1.29 is 4.79 Å². The second kappa shape index (κ2) is 7.55. The highest BCUT2D eigenvalue weighted by molar-refractivity contribution is 6.42. The van der Waals surface area contributed by atoms with E-state index in [0.29, 0.717) is 16.6 Å². The maximum Gasteiger partial charge on any atom is 0.258 e. The van der Waals surface area contributed by atoms with E-state index in [0.717, 1.165) is 48.7 Å². The smallest absolute Gasteiger partial charge is 0.258 e. The molecule has 2 aliphatic rings. The van der Waals surface area contributed by atoms with Gasteiger partial charge in [-0.2, -0.15) is 0 Å². The molecule has 0 unspecified atom stereocenters. The van der Waals surface area contributed by atoms with Crippen molar-refractivity contribution in [2.24, 2.45) is 0 Å². The van der Waals surface area contributed by atoms with Crippen molar-refractivity contribution in [3.05, 3.63) is 69.7 Å². The minimum Gasteiger partial charge on any atom is -0.368 e. The van der Waals surface area contributed by atoms with Gasteiger partial charge in [0.25, 0.3) is 5.91 Å². The molecule has 0 saturated carbocycles. The number of carbonyl (C=O) groups excluding carboxylic acids is 1. The third-order valence-electron chi connectivity index (χ3n) is 5.19. The average molecular weight is 402 g/mol. The van der Waals surface area contributed by atoms with Gasteiger partial charge in [-0.25, -0.2) is 0 Å². The topological polar surface area (TPSA) is 26.8 Å². The number of amides is 1. The first-order valence-electron chi connectivity index (χ1n) is 9.03. The van der Waals surface area contributed by atoms with Crippen molar-refractivity contribution in [3.8, 4) is 0 Å². The van der Waals surface area contributed by atoms with Gasteiger partial charge >= 0.3 is 0 Å². The van der Waals surface area contributed by atoms with E-state index in [9.17, 15) is 4.79 Å². The zero-order chi connectivity index (χ0) is 19.0. The zero-order valence-corrected chi connectivity index (χ0v) is 16.7. The molecule has 0 aliphatic carbocycles. The van der Waals surface area contributed by atoms with Gasteiger partial charge in [0, 0.05) is 31.9 Å². The molecule has 2 fully saturated rings. The number of nitrogens with zero attached hydrogens (tertiary/aromatic N) is 3. The molecule has 27 heavy (non-hydrogen) atoms. The Labute approximate surface area is 169 Å². The monoisotopic (exact) mass is 401 g/mol. The summed E-state index contributed by atoms with van der Waals surface area (Å²) in [5.74, 6) is 0.0335. The number of hydrogen-bond donors (Lipinski definition) is 0. The third kappa shape index (κ3) is 3.57. The second-order valence-corrected chi connectivity index (χ2v) is 7.79. The van der Waals surface area contributed by atoms with Crippen LogP contribution in [0.25, 0.3) is 5.70 Å². The minimum absolute atomic E-state index is 0.0335. The summed E-state index contributed by atoms with van der Waals surface area (Å²) in [6.07, 6.45) is 0. The SMILES string of the molecule is CN1CCN(C(=C2CN(c3ccc(Cl)c(Cl)c3)C2=O)c2ccccc2)CC1. The van der Waals surface area contributed by atoms with Gasteiger partial charge in [0.2, 0.25) is 0 Å². The number of likely N-dealkylation sites (N-methyl/N-ethyl adjacent to an activating group) is 1. The Balaban J connectivity index is 1.66. The number of halogens is 2. The van der Waals surface area contributed by atoms with E-state index in [4.69, 9.17) is 23.2 Å². The molecule has 4 rings (SSSR count). The molecule has 140 valence electrons. The number of piperazine rings is 1. The van der Waals surface area contributed by atoms with E-state index in [1.54, 1.807) is 17.0 Å². The predicted molar refractivity (Wildman–Crippen MR) is 111 cm³/mol. The van der Waals surface area contributed by atoms with E-state index < -0.39 is 0 Å². The highest BCUT2D eigenvalue weighted by atomic mass is 35.5. The highest BCUT2D eigenvalue weighted by Crippen LogP contribution is 2.36. The molecular formula is C21H21Cl2N3O. The summed E-state index contributed by atoms with van der Waals surface area (Å²) in [5, 5.41) is 0.952. The zero-order valence-electron chi connectivity index (χ0n) is 15.2. The number of rotatable bonds is 3. The Bertz CT molecular complexity index is 890. The van der Waals surface area contributed by atoms with Crippen LogP contribution in [0.4, 0.5) is 5.69 Å². The number of carbonyl (C=O) groups is 1. The van der Waals surface area contributed by atoms with Crippen LogP contribution in [0.1, 0.15) is 5.56 Å². The summed E-state index contributed by atoms with van der Waals surface area (Å²) in [5.41, 5.74) is 3.80. The van der Waals surface area contributed by atoms with Crippen molar-refractivity contribution >= 4 is 40.5 Å². The van der Waals surface area contributed by atoms with Crippen LogP contribution in [0, 0.1) is 0 Å². The molecule has 2 saturated heterocycles. The van der Waals surface area contributed by atoms with Gasteiger partial charge < -0.3 is 14.7 Å². The standard InChI is InChI=1S/C21H21Cl2N3O/c1-24-9-11-25(12-10-24)20(15-5-3-2-4-6-15)17-14-26(21(17)27)16-7-8-18(22)19(23)13-16/h2-8,13H,9-12,14H2,1H3. The summed E-state index contributed by atoms with van der Waals surface area (Å²) in [6, 6.07) is 15.5. The average Bonchev–Trinajstić information content (AvgIpc) is 2.68.